The Balaban J connectivity index is 1.62. The number of hydrogen-bond acceptors (Lipinski definition) is 2. The lowest BCUT2D eigenvalue weighted by molar-refractivity contribution is 0.616. The van der Waals surface area contributed by atoms with E-state index < -0.39 is 0 Å². The number of benzene rings is 5. The highest BCUT2D eigenvalue weighted by Gasteiger charge is 2.23. The van der Waals surface area contributed by atoms with Gasteiger partial charge in [-0.05, 0) is 47.9 Å². The molecule has 2 aromatic heterocycles. The minimum absolute atomic E-state index is 0.827. The van der Waals surface area contributed by atoms with Gasteiger partial charge < -0.3 is 4.42 Å². The molecule has 5 aromatic carbocycles. The van der Waals surface area contributed by atoms with Gasteiger partial charge in [-0.15, -0.1) is 0 Å². The molecule has 0 atom stereocenters. The van der Waals surface area contributed by atoms with Gasteiger partial charge in [0.15, 0.2) is 0 Å². The predicted octanol–water partition coefficient (Wildman–Crippen LogP) is 9.81. The standard InChI is InChI=1S/C36H26N2O/c1-24(2)27-20-21-34-30(22-27)31(23-39-34)36-37-32-18-9-10-19-33(32)38(36)35-28(25-12-5-3-6-13-25)16-11-17-29(35)26-14-7-4-8-15-26/h3-23H,1H2,2H3. The predicted molar refractivity (Wildman–Crippen MR) is 162 cm³/mol. The molecule has 0 aliphatic carbocycles. The van der Waals surface area contributed by atoms with E-state index in [0.29, 0.717) is 0 Å². The van der Waals surface area contributed by atoms with Crippen molar-refractivity contribution in [3.05, 3.63) is 140 Å². The number of furan rings is 1. The summed E-state index contributed by atoms with van der Waals surface area (Å²) in [5.74, 6) is 0.842. The van der Waals surface area contributed by atoms with Gasteiger partial charge in [0.05, 0.1) is 22.3 Å². The molecule has 0 aliphatic rings. The van der Waals surface area contributed by atoms with Gasteiger partial charge >= 0.3 is 0 Å². The highest BCUT2D eigenvalue weighted by molar-refractivity contribution is 5.98. The smallest absolute Gasteiger partial charge is 0.149 e. The van der Waals surface area contributed by atoms with Crippen molar-refractivity contribution >= 4 is 27.6 Å². The SMILES string of the molecule is C=C(C)c1ccc2occ(-c3nc4ccccc4n3-c3c(-c4ccccc4)cccc3-c3ccccc3)c2c1. The molecule has 0 amide bonds. The molecule has 2 heterocycles. The molecule has 0 bridgehead atoms. The highest BCUT2D eigenvalue weighted by Crippen LogP contribution is 2.42. The third kappa shape index (κ3) is 3.87. The third-order valence-electron chi connectivity index (χ3n) is 7.30. The van der Waals surface area contributed by atoms with E-state index >= 15 is 0 Å². The van der Waals surface area contributed by atoms with Crippen molar-refractivity contribution in [3.63, 3.8) is 0 Å². The second-order valence-corrected chi connectivity index (χ2v) is 9.83. The summed E-state index contributed by atoms with van der Waals surface area (Å²) in [5.41, 5.74) is 11.5. The highest BCUT2D eigenvalue weighted by atomic mass is 16.3. The Labute approximate surface area is 227 Å². The topological polar surface area (TPSA) is 31.0 Å². The summed E-state index contributed by atoms with van der Waals surface area (Å²) < 4.78 is 8.38. The molecule has 39 heavy (non-hydrogen) atoms. The Hall–Kier alpha value is -5.15. The van der Waals surface area contributed by atoms with Gasteiger partial charge in [0.2, 0.25) is 0 Å². The maximum Gasteiger partial charge on any atom is 0.149 e. The lowest BCUT2D eigenvalue weighted by Crippen LogP contribution is -2.03. The van der Waals surface area contributed by atoms with E-state index in [1.165, 1.54) is 0 Å². The zero-order valence-corrected chi connectivity index (χ0v) is 21.6. The number of para-hydroxylation sites is 3. The Morgan fingerprint density at radius 2 is 1.33 bits per heavy atom. The van der Waals surface area contributed by atoms with Crippen molar-refractivity contribution in [3.8, 4) is 39.3 Å². The molecule has 0 unspecified atom stereocenters. The van der Waals surface area contributed by atoms with E-state index in [4.69, 9.17) is 9.40 Å². The van der Waals surface area contributed by atoms with Gasteiger partial charge in [0, 0.05) is 16.5 Å². The van der Waals surface area contributed by atoms with Gasteiger partial charge in [-0.1, -0.05) is 109 Å². The normalized spacial score (nSPS) is 11.3. The molecule has 0 radical (unpaired) electrons. The third-order valence-corrected chi connectivity index (χ3v) is 7.30. The number of nitrogens with zero attached hydrogens (tertiary/aromatic N) is 2. The van der Waals surface area contributed by atoms with Crippen LogP contribution in [0.5, 0.6) is 0 Å². The van der Waals surface area contributed by atoms with Crippen LogP contribution in [0.2, 0.25) is 0 Å². The molecule has 0 spiro atoms. The molecule has 3 heteroatoms. The van der Waals surface area contributed by atoms with Gasteiger partial charge in [-0.2, -0.15) is 0 Å². The Morgan fingerprint density at radius 1 is 0.692 bits per heavy atom. The second-order valence-electron chi connectivity index (χ2n) is 9.83. The molecule has 0 aliphatic heterocycles. The van der Waals surface area contributed by atoms with Crippen LogP contribution in [0.15, 0.2) is 139 Å². The van der Waals surface area contributed by atoms with Crippen LogP contribution in [0.3, 0.4) is 0 Å². The molecule has 7 rings (SSSR count). The number of rotatable bonds is 5. The van der Waals surface area contributed by atoms with Crippen molar-refractivity contribution in [2.45, 2.75) is 6.92 Å². The first-order valence-electron chi connectivity index (χ1n) is 13.1. The van der Waals surface area contributed by atoms with Crippen LogP contribution >= 0.6 is 0 Å². The molecule has 3 nitrogen and oxygen atoms in total. The van der Waals surface area contributed by atoms with Gasteiger partial charge in [-0.3, -0.25) is 4.57 Å². The summed E-state index contributed by atoms with van der Waals surface area (Å²) >= 11 is 0. The average molecular weight is 503 g/mol. The summed E-state index contributed by atoms with van der Waals surface area (Å²) in [7, 11) is 0. The van der Waals surface area contributed by atoms with E-state index in [2.05, 4.69) is 120 Å². The lowest BCUT2D eigenvalue weighted by atomic mass is 9.95. The van der Waals surface area contributed by atoms with E-state index in [-0.39, 0.29) is 0 Å². The van der Waals surface area contributed by atoms with Crippen LogP contribution < -0.4 is 0 Å². The van der Waals surface area contributed by atoms with Crippen LogP contribution in [-0.2, 0) is 0 Å². The van der Waals surface area contributed by atoms with Gasteiger partial charge in [-0.25, -0.2) is 4.98 Å². The fraction of sp³-hybridized carbons (Fsp3) is 0.0278. The molecule has 0 N–H and O–H groups in total. The van der Waals surface area contributed by atoms with E-state index in [0.717, 1.165) is 72.5 Å². The largest absolute Gasteiger partial charge is 0.464 e. The monoisotopic (exact) mass is 502 g/mol. The first-order chi connectivity index (χ1) is 19.2. The Bertz CT molecular complexity index is 1920. The summed E-state index contributed by atoms with van der Waals surface area (Å²) in [6, 6.07) is 42.2. The molecule has 0 fully saturated rings. The fourth-order valence-corrected chi connectivity index (χ4v) is 5.39. The quantitative estimate of drug-likeness (QED) is 0.234. The summed E-state index contributed by atoms with van der Waals surface area (Å²) in [6.45, 7) is 6.18. The molecule has 0 saturated carbocycles. The van der Waals surface area contributed by atoms with E-state index in [1.54, 1.807) is 0 Å². The zero-order valence-electron chi connectivity index (χ0n) is 21.6. The maximum atomic E-state index is 6.07. The average Bonchev–Trinajstić information content (AvgIpc) is 3.58. The number of aromatic nitrogens is 2. The molecular formula is C36H26N2O. The Morgan fingerprint density at radius 3 is 2.00 bits per heavy atom. The lowest BCUT2D eigenvalue weighted by Gasteiger charge is -2.19. The zero-order chi connectivity index (χ0) is 26.3. The van der Waals surface area contributed by atoms with Gasteiger partial charge in [0.1, 0.15) is 17.7 Å². The summed E-state index contributed by atoms with van der Waals surface area (Å²) in [5, 5.41) is 1.02. The van der Waals surface area contributed by atoms with Crippen LogP contribution in [0.4, 0.5) is 0 Å². The minimum atomic E-state index is 0.827. The second kappa shape index (κ2) is 9.30. The van der Waals surface area contributed by atoms with Crippen LogP contribution in [-0.4, -0.2) is 9.55 Å². The maximum absolute atomic E-state index is 6.07. The number of imidazole rings is 1. The van der Waals surface area contributed by atoms with E-state index in [1.807, 2.05) is 25.3 Å². The number of hydrogen-bond donors (Lipinski definition) is 0. The van der Waals surface area contributed by atoms with Crippen molar-refractivity contribution < 1.29 is 4.42 Å². The van der Waals surface area contributed by atoms with Crippen LogP contribution in [0.25, 0.3) is 66.9 Å². The number of fused-ring (bicyclic) bond motifs is 2. The summed E-state index contributed by atoms with van der Waals surface area (Å²) in [4.78, 5) is 5.21. The summed E-state index contributed by atoms with van der Waals surface area (Å²) in [6.07, 6.45) is 1.83. The molecular weight excluding hydrogens is 476 g/mol. The first kappa shape index (κ1) is 23.0. The fourth-order valence-electron chi connectivity index (χ4n) is 5.39. The van der Waals surface area contributed by atoms with Crippen molar-refractivity contribution in [2.75, 3.05) is 0 Å². The number of allylic oxidation sites excluding steroid dienone is 1. The van der Waals surface area contributed by atoms with Crippen molar-refractivity contribution in [2.24, 2.45) is 0 Å². The molecule has 7 aromatic rings. The van der Waals surface area contributed by atoms with E-state index in [9.17, 15) is 0 Å². The van der Waals surface area contributed by atoms with Gasteiger partial charge in [0.25, 0.3) is 0 Å². The minimum Gasteiger partial charge on any atom is -0.464 e. The molecule has 186 valence electrons. The molecule has 0 saturated heterocycles. The Kier molecular flexibility index (Phi) is 5.49. The van der Waals surface area contributed by atoms with Crippen molar-refractivity contribution in [1.82, 2.24) is 9.55 Å². The first-order valence-corrected chi connectivity index (χ1v) is 13.1. The van der Waals surface area contributed by atoms with Crippen molar-refractivity contribution in [1.29, 1.82) is 0 Å². The van der Waals surface area contributed by atoms with Crippen LogP contribution in [0.1, 0.15) is 12.5 Å². The van der Waals surface area contributed by atoms with Crippen LogP contribution in [0, 0.1) is 0 Å².